The Bertz CT molecular complexity index is 1780. The lowest BCUT2D eigenvalue weighted by molar-refractivity contribution is -0.300. The molecule has 0 unspecified atom stereocenters. The van der Waals surface area contributed by atoms with Gasteiger partial charge in [0, 0.05) is 38.3 Å². The van der Waals surface area contributed by atoms with Crippen LogP contribution in [0.5, 0.6) is 11.5 Å². The van der Waals surface area contributed by atoms with Gasteiger partial charge in [-0.1, -0.05) is 48.5 Å². The number of rotatable bonds is 16. The predicted octanol–water partition coefficient (Wildman–Crippen LogP) is 4.68. The number of fused-ring (bicyclic) bond motifs is 2. The summed E-state index contributed by atoms with van der Waals surface area (Å²) in [4.78, 5) is 14.3. The van der Waals surface area contributed by atoms with Crippen LogP contribution in [0, 0.1) is 0 Å². The fraction of sp³-hybridized carbons (Fsp3) is 0.375. The molecule has 0 radical (unpaired) electrons. The minimum atomic E-state index is -3.22. The van der Waals surface area contributed by atoms with E-state index in [0.29, 0.717) is 23.7 Å². The molecule has 4 rings (SSSR count). The van der Waals surface area contributed by atoms with Crippen LogP contribution in [-0.4, -0.2) is 90.2 Å². The van der Waals surface area contributed by atoms with E-state index in [4.69, 9.17) is 24.5 Å². The van der Waals surface area contributed by atoms with Crippen LogP contribution >= 0.6 is 0 Å². The van der Waals surface area contributed by atoms with Crippen LogP contribution in [0.4, 0.5) is 0 Å². The molecular weight excluding hydrogens is 636 g/mol. The zero-order valence-corrected chi connectivity index (χ0v) is 28.3. The van der Waals surface area contributed by atoms with Gasteiger partial charge in [-0.25, -0.2) is 40.1 Å². The highest BCUT2D eigenvalue weighted by Gasteiger charge is 2.13. The zero-order chi connectivity index (χ0) is 33.7. The van der Waals surface area contributed by atoms with E-state index in [1.807, 2.05) is 79.7 Å². The maximum absolute atomic E-state index is 11.4. The Hall–Kier alpha value is -3.34. The van der Waals surface area contributed by atoms with Crippen molar-refractivity contribution in [3.8, 4) is 11.5 Å². The third-order valence-electron chi connectivity index (χ3n) is 6.95. The molecule has 0 saturated carbocycles. The summed E-state index contributed by atoms with van der Waals surface area (Å²) in [5, 5.41) is 12.8. The van der Waals surface area contributed by atoms with Gasteiger partial charge in [0.15, 0.2) is 0 Å². The molecule has 252 valence electrons. The van der Waals surface area contributed by atoms with Gasteiger partial charge in [0.1, 0.15) is 37.9 Å². The number of likely N-dealkylation sites (N-methyl/N-ethyl adjacent to an activating group) is 2. The van der Waals surface area contributed by atoms with Crippen molar-refractivity contribution in [2.45, 2.75) is 20.1 Å². The minimum absolute atomic E-state index is 0.00207. The first-order chi connectivity index (χ1) is 21.8. The molecule has 0 bridgehead atoms. The fourth-order valence-corrected chi connectivity index (χ4v) is 5.00. The summed E-state index contributed by atoms with van der Waals surface area (Å²) < 4.78 is 59.5. The second kappa shape index (κ2) is 17.5. The van der Waals surface area contributed by atoms with Gasteiger partial charge in [-0.3, -0.25) is 5.26 Å². The van der Waals surface area contributed by atoms with Crippen molar-refractivity contribution in [2.75, 3.05) is 59.5 Å². The molecule has 0 aliphatic heterocycles. The van der Waals surface area contributed by atoms with Crippen LogP contribution in [0.3, 0.4) is 0 Å². The molecule has 46 heavy (non-hydrogen) atoms. The topological polar surface area (TPSA) is 141 Å². The van der Waals surface area contributed by atoms with Gasteiger partial charge in [-0.2, -0.15) is 0 Å². The quantitative estimate of drug-likeness (QED) is 0.101. The lowest BCUT2D eigenvalue weighted by atomic mass is 10.1. The molecule has 0 aliphatic carbocycles. The van der Waals surface area contributed by atoms with E-state index in [9.17, 15) is 16.8 Å². The Balaban J connectivity index is 0.000000251. The summed E-state index contributed by atoms with van der Waals surface area (Å²) in [6.45, 7) is 3.55. The zero-order valence-electron chi connectivity index (χ0n) is 26.7. The van der Waals surface area contributed by atoms with Gasteiger partial charge < -0.3 is 9.47 Å². The van der Waals surface area contributed by atoms with Crippen molar-refractivity contribution >= 4 is 41.6 Å². The summed E-state index contributed by atoms with van der Waals surface area (Å²) in [7, 11) is -3.41. The molecular formula is C32H42N2O10S2. The summed E-state index contributed by atoms with van der Waals surface area (Å²) in [5.41, 5.74) is 1.55. The summed E-state index contributed by atoms with van der Waals surface area (Å²) in [6, 6.07) is 23.3. The second-order valence-electron chi connectivity index (χ2n) is 10.4. The Morgan fingerprint density at radius 2 is 1.02 bits per heavy atom. The van der Waals surface area contributed by atoms with Gasteiger partial charge in [-0.15, -0.1) is 0 Å². The summed E-state index contributed by atoms with van der Waals surface area (Å²) in [5.74, 6) is 1.23. The van der Waals surface area contributed by atoms with E-state index >= 15 is 0 Å². The molecule has 4 aromatic rings. The molecule has 0 heterocycles. The average Bonchev–Trinajstić information content (AvgIpc) is 3.01. The molecule has 1 N–H and O–H groups in total. The van der Waals surface area contributed by atoms with Crippen molar-refractivity contribution in [1.82, 2.24) is 8.61 Å². The van der Waals surface area contributed by atoms with Crippen molar-refractivity contribution in [1.29, 1.82) is 0 Å². The fourth-order valence-electron chi connectivity index (χ4n) is 4.19. The highest BCUT2D eigenvalue weighted by molar-refractivity contribution is 7.88. The van der Waals surface area contributed by atoms with Crippen LogP contribution in [0.1, 0.15) is 18.1 Å². The highest BCUT2D eigenvalue weighted by atomic mass is 32.2. The standard InChI is InChI=1S/C17H23NO5S.C15H19NO5S/c1-4-22-23-13-16-11-14-7-5-6-8-15(14)12-17(16)21-10-9-18(2)24(3,19)20;1-16(22(2,18)19)7-8-20-15-10-13-6-4-3-5-12(13)9-14(15)11-21-17/h5-8,11-12H,4,9-10,13H2,1-3H3;3-6,9-10,17H,7-8,11H2,1-2H3. The number of benzene rings is 4. The predicted molar refractivity (Wildman–Crippen MR) is 178 cm³/mol. The smallest absolute Gasteiger partial charge is 0.211 e. The first kappa shape index (κ1) is 37.1. The van der Waals surface area contributed by atoms with E-state index in [-0.39, 0.29) is 39.5 Å². The number of ether oxygens (including phenoxy) is 2. The SMILES string of the molecule is CCOOCc1cc2ccccc2cc1OCCN(C)S(C)(=O)=O.CN(CCOc1cc2ccccc2cc1COO)S(C)(=O)=O. The maximum atomic E-state index is 11.4. The van der Waals surface area contributed by atoms with Crippen LogP contribution in [-0.2, 0) is 47.9 Å². The third-order valence-corrected chi connectivity index (χ3v) is 9.58. The van der Waals surface area contributed by atoms with Crippen LogP contribution in [0.2, 0.25) is 0 Å². The molecule has 0 atom stereocenters. The second-order valence-corrected chi connectivity index (χ2v) is 14.6. The normalized spacial score (nSPS) is 12.0. The Morgan fingerprint density at radius 1 is 0.630 bits per heavy atom. The van der Waals surface area contributed by atoms with Crippen LogP contribution < -0.4 is 9.47 Å². The first-order valence-corrected chi connectivity index (χ1v) is 18.2. The van der Waals surface area contributed by atoms with Crippen LogP contribution in [0.25, 0.3) is 21.5 Å². The number of nitrogens with zero attached hydrogens (tertiary/aromatic N) is 2. The molecule has 0 aromatic heterocycles. The lowest BCUT2D eigenvalue weighted by Gasteiger charge is -2.16. The molecule has 0 spiro atoms. The van der Waals surface area contributed by atoms with Crippen molar-refractivity contribution in [3.05, 3.63) is 83.9 Å². The third kappa shape index (κ3) is 11.5. The van der Waals surface area contributed by atoms with Crippen molar-refractivity contribution in [3.63, 3.8) is 0 Å². The summed E-state index contributed by atoms with van der Waals surface area (Å²) >= 11 is 0. The molecule has 0 saturated heterocycles. The highest BCUT2D eigenvalue weighted by Crippen LogP contribution is 2.28. The number of sulfonamides is 2. The number of hydrogen-bond donors (Lipinski definition) is 1. The Labute approximate surface area is 270 Å². The van der Waals surface area contributed by atoms with Crippen molar-refractivity contribution in [2.24, 2.45) is 0 Å². The molecule has 12 nitrogen and oxygen atoms in total. The molecule has 0 aliphatic rings. The van der Waals surface area contributed by atoms with Gasteiger partial charge in [0.25, 0.3) is 0 Å². The van der Waals surface area contributed by atoms with Crippen LogP contribution in [0.15, 0.2) is 72.8 Å². The minimum Gasteiger partial charge on any atom is -0.492 e. The monoisotopic (exact) mass is 678 g/mol. The summed E-state index contributed by atoms with van der Waals surface area (Å²) in [6.07, 6.45) is 2.32. The van der Waals surface area contributed by atoms with E-state index in [2.05, 4.69) is 4.89 Å². The van der Waals surface area contributed by atoms with Gasteiger partial charge in [-0.05, 0) is 52.7 Å². The van der Waals surface area contributed by atoms with Gasteiger partial charge >= 0.3 is 0 Å². The van der Waals surface area contributed by atoms with E-state index in [1.165, 1.54) is 29.0 Å². The van der Waals surface area contributed by atoms with Gasteiger partial charge in [0.05, 0.1) is 19.1 Å². The van der Waals surface area contributed by atoms with E-state index in [0.717, 1.165) is 33.4 Å². The van der Waals surface area contributed by atoms with Gasteiger partial charge in [0.2, 0.25) is 20.0 Å². The average molecular weight is 679 g/mol. The van der Waals surface area contributed by atoms with E-state index < -0.39 is 20.0 Å². The van der Waals surface area contributed by atoms with E-state index in [1.54, 1.807) is 0 Å². The molecule has 0 fully saturated rings. The molecule has 4 aromatic carbocycles. The number of hydrogen-bond acceptors (Lipinski definition) is 10. The van der Waals surface area contributed by atoms with Crippen molar-refractivity contribution < 1.29 is 46.2 Å². The largest absolute Gasteiger partial charge is 0.492 e. The first-order valence-electron chi connectivity index (χ1n) is 14.5. The Morgan fingerprint density at radius 3 is 1.39 bits per heavy atom. The molecule has 0 amide bonds. The lowest BCUT2D eigenvalue weighted by Crippen LogP contribution is -2.29. The maximum Gasteiger partial charge on any atom is 0.211 e. The molecule has 14 heteroatoms. The Kier molecular flexibility index (Phi) is 14.2.